The van der Waals surface area contributed by atoms with Crippen LogP contribution in [0.5, 0.6) is 5.75 Å². The highest BCUT2D eigenvalue weighted by Crippen LogP contribution is 2.32. The summed E-state index contributed by atoms with van der Waals surface area (Å²) in [6.45, 7) is 4.11. The lowest BCUT2D eigenvalue weighted by atomic mass is 9.96. The zero-order valence-electron chi connectivity index (χ0n) is 18.3. The first-order valence-electron chi connectivity index (χ1n) is 9.80. The number of rotatable bonds is 8. The Morgan fingerprint density at radius 1 is 1.00 bits per heavy atom. The van der Waals surface area contributed by atoms with Gasteiger partial charge in [-0.05, 0) is 6.07 Å². The fourth-order valence-electron chi connectivity index (χ4n) is 3.22. The molecular formula is C20H24N2O11. The zero-order chi connectivity index (χ0) is 24.7. The van der Waals surface area contributed by atoms with Crippen LogP contribution in [0.2, 0.25) is 0 Å². The Balaban J connectivity index is 2.51. The number of benzene rings is 1. The molecular weight excluding hydrogens is 444 g/mol. The molecule has 0 aromatic heterocycles. The van der Waals surface area contributed by atoms with Gasteiger partial charge >= 0.3 is 23.6 Å². The number of nitrogens with one attached hydrogen (secondary N) is 1. The van der Waals surface area contributed by atoms with E-state index < -0.39 is 66.0 Å². The minimum Gasteiger partial charge on any atom is -0.463 e. The van der Waals surface area contributed by atoms with Gasteiger partial charge in [-0.2, -0.15) is 0 Å². The highest BCUT2D eigenvalue weighted by molar-refractivity contribution is 5.73. The van der Waals surface area contributed by atoms with Crippen molar-refractivity contribution in [3.8, 4) is 5.75 Å². The second-order valence-corrected chi connectivity index (χ2v) is 7.06. The molecule has 1 fully saturated rings. The van der Waals surface area contributed by atoms with E-state index in [1.54, 1.807) is 0 Å². The van der Waals surface area contributed by atoms with Crippen LogP contribution in [0.25, 0.3) is 0 Å². The number of esters is 3. The van der Waals surface area contributed by atoms with Crippen LogP contribution in [0.4, 0.5) is 5.69 Å². The summed E-state index contributed by atoms with van der Waals surface area (Å²) in [7, 11) is 0. The maximum absolute atomic E-state index is 11.9. The van der Waals surface area contributed by atoms with Crippen LogP contribution in [0, 0.1) is 10.1 Å². The fraction of sp³-hybridized carbons (Fsp3) is 0.500. The van der Waals surface area contributed by atoms with E-state index in [2.05, 4.69) is 5.32 Å². The van der Waals surface area contributed by atoms with E-state index in [-0.39, 0.29) is 11.4 Å². The quantitative estimate of drug-likeness (QED) is 0.246. The molecule has 0 aliphatic carbocycles. The van der Waals surface area contributed by atoms with Gasteiger partial charge in [-0.3, -0.25) is 29.3 Å². The Hall–Kier alpha value is -3.74. The number of hydrogen-bond donors (Lipinski definition) is 1. The van der Waals surface area contributed by atoms with Gasteiger partial charge in [0.1, 0.15) is 18.8 Å². The number of para-hydroxylation sites is 2. The molecule has 1 heterocycles. The Bertz CT molecular complexity index is 919. The van der Waals surface area contributed by atoms with Gasteiger partial charge in [0.05, 0.1) is 4.92 Å². The van der Waals surface area contributed by atoms with Gasteiger partial charge in [0.25, 0.3) is 0 Å². The number of amides is 1. The topological polar surface area (TPSA) is 170 Å². The van der Waals surface area contributed by atoms with Crippen molar-refractivity contribution in [2.24, 2.45) is 0 Å². The SMILES string of the molecule is CC(=O)N[C@@H]1[C@H](Oc2ccccc2[N+](=O)[O-])O[C@H](COC(C)=O)[C@@H](OC(C)=O)[C@H]1OC(C)=O. The minimum atomic E-state index is -1.45. The predicted octanol–water partition coefficient (Wildman–Crippen LogP) is 0.630. The highest BCUT2D eigenvalue weighted by Gasteiger charge is 2.52. The molecule has 5 atom stereocenters. The lowest BCUT2D eigenvalue weighted by Crippen LogP contribution is -2.67. The average Bonchev–Trinajstić information content (AvgIpc) is 2.70. The maximum atomic E-state index is 11.9. The second-order valence-electron chi connectivity index (χ2n) is 7.06. The van der Waals surface area contributed by atoms with Crippen LogP contribution in [-0.2, 0) is 38.1 Å². The minimum absolute atomic E-state index is 0.193. The molecule has 13 heteroatoms. The summed E-state index contributed by atoms with van der Waals surface area (Å²) in [5.74, 6) is -2.96. The standard InChI is InChI=1S/C20H24N2O11/c1-10(23)21-17-19(31-13(4)26)18(30-12(3)25)16(9-29-11(2)24)33-20(17)32-15-8-6-5-7-14(15)22(27)28/h5-8,16-20H,9H2,1-4H3,(H,21,23)/t16-,17+,18-,19+,20-/m1/s1. The lowest BCUT2D eigenvalue weighted by molar-refractivity contribution is -0.386. The molecule has 1 aromatic rings. The van der Waals surface area contributed by atoms with E-state index >= 15 is 0 Å². The van der Waals surface area contributed by atoms with Crippen LogP contribution >= 0.6 is 0 Å². The summed E-state index contributed by atoms with van der Waals surface area (Å²) in [6, 6.07) is 4.18. The second kappa shape index (κ2) is 11.2. The molecule has 180 valence electrons. The maximum Gasteiger partial charge on any atom is 0.311 e. The largest absolute Gasteiger partial charge is 0.463 e. The van der Waals surface area contributed by atoms with Gasteiger partial charge in [-0.1, -0.05) is 12.1 Å². The van der Waals surface area contributed by atoms with Crippen molar-refractivity contribution in [3.63, 3.8) is 0 Å². The Morgan fingerprint density at radius 2 is 1.61 bits per heavy atom. The van der Waals surface area contributed by atoms with Gasteiger partial charge in [-0.15, -0.1) is 0 Å². The first-order valence-corrected chi connectivity index (χ1v) is 9.80. The molecule has 33 heavy (non-hydrogen) atoms. The fourth-order valence-corrected chi connectivity index (χ4v) is 3.22. The van der Waals surface area contributed by atoms with Crippen molar-refractivity contribution in [2.75, 3.05) is 6.61 Å². The van der Waals surface area contributed by atoms with Gasteiger partial charge < -0.3 is 29.0 Å². The van der Waals surface area contributed by atoms with Crippen molar-refractivity contribution in [1.29, 1.82) is 0 Å². The number of ether oxygens (including phenoxy) is 5. The summed E-state index contributed by atoms with van der Waals surface area (Å²) >= 11 is 0. The molecule has 1 saturated heterocycles. The smallest absolute Gasteiger partial charge is 0.311 e. The first-order chi connectivity index (χ1) is 15.5. The van der Waals surface area contributed by atoms with Gasteiger partial charge in [0.15, 0.2) is 18.0 Å². The zero-order valence-corrected chi connectivity index (χ0v) is 18.3. The molecule has 1 aromatic carbocycles. The molecule has 0 spiro atoms. The van der Waals surface area contributed by atoms with E-state index in [1.165, 1.54) is 31.2 Å². The third-order valence-corrected chi connectivity index (χ3v) is 4.38. The molecule has 0 saturated carbocycles. The highest BCUT2D eigenvalue weighted by atomic mass is 16.7. The molecule has 0 unspecified atom stereocenters. The third-order valence-electron chi connectivity index (χ3n) is 4.38. The van der Waals surface area contributed by atoms with Crippen LogP contribution in [-0.4, -0.2) is 66.0 Å². The van der Waals surface area contributed by atoms with E-state index in [1.807, 2.05) is 0 Å². The number of carbonyl (C=O) groups excluding carboxylic acids is 4. The Labute approximate surface area is 188 Å². The lowest BCUT2D eigenvalue weighted by Gasteiger charge is -2.44. The number of carbonyl (C=O) groups is 4. The molecule has 1 aliphatic heterocycles. The summed E-state index contributed by atoms with van der Waals surface area (Å²) in [5.41, 5.74) is -0.384. The summed E-state index contributed by atoms with van der Waals surface area (Å²) in [4.78, 5) is 57.5. The van der Waals surface area contributed by atoms with E-state index in [0.717, 1.165) is 20.8 Å². The van der Waals surface area contributed by atoms with E-state index in [0.29, 0.717) is 0 Å². The van der Waals surface area contributed by atoms with Crippen LogP contribution in [0.3, 0.4) is 0 Å². The van der Waals surface area contributed by atoms with Crippen molar-refractivity contribution in [2.45, 2.75) is 58.3 Å². The molecule has 2 rings (SSSR count). The van der Waals surface area contributed by atoms with Crippen molar-refractivity contribution < 1.29 is 47.8 Å². The van der Waals surface area contributed by atoms with Crippen molar-refractivity contribution in [3.05, 3.63) is 34.4 Å². The molecule has 1 aliphatic rings. The normalized spacial score (nSPS) is 24.2. The van der Waals surface area contributed by atoms with E-state index in [4.69, 9.17) is 23.7 Å². The molecule has 1 N–H and O–H groups in total. The van der Waals surface area contributed by atoms with Crippen LogP contribution in [0.1, 0.15) is 27.7 Å². The summed E-state index contributed by atoms with van der Waals surface area (Å²) in [5, 5.41) is 13.9. The predicted molar refractivity (Wildman–Crippen MR) is 108 cm³/mol. The number of nitro groups is 1. The van der Waals surface area contributed by atoms with E-state index in [9.17, 15) is 29.3 Å². The average molecular weight is 468 g/mol. The number of nitrogens with zero attached hydrogens (tertiary/aromatic N) is 1. The van der Waals surface area contributed by atoms with Gasteiger partial charge in [0, 0.05) is 33.8 Å². The Kier molecular flexibility index (Phi) is 8.68. The molecule has 0 radical (unpaired) electrons. The van der Waals surface area contributed by atoms with Crippen molar-refractivity contribution in [1.82, 2.24) is 5.32 Å². The van der Waals surface area contributed by atoms with Crippen LogP contribution < -0.4 is 10.1 Å². The molecule has 13 nitrogen and oxygen atoms in total. The first kappa shape index (κ1) is 25.5. The molecule has 1 amide bonds. The molecule has 0 bridgehead atoms. The number of nitro benzene ring substituents is 1. The monoisotopic (exact) mass is 468 g/mol. The Morgan fingerprint density at radius 3 is 2.15 bits per heavy atom. The van der Waals surface area contributed by atoms with Crippen molar-refractivity contribution >= 4 is 29.5 Å². The summed E-state index contributed by atoms with van der Waals surface area (Å²) < 4.78 is 27.1. The third kappa shape index (κ3) is 7.14. The number of hydrogen-bond acceptors (Lipinski definition) is 11. The van der Waals surface area contributed by atoms with Gasteiger partial charge in [0.2, 0.25) is 12.2 Å². The van der Waals surface area contributed by atoms with Crippen LogP contribution in [0.15, 0.2) is 24.3 Å². The summed E-state index contributed by atoms with van der Waals surface area (Å²) in [6.07, 6.45) is -5.28. The van der Waals surface area contributed by atoms with Gasteiger partial charge in [-0.25, -0.2) is 0 Å².